The lowest BCUT2D eigenvalue weighted by atomic mass is 9.97. The molecule has 0 aliphatic rings. The predicted octanol–water partition coefficient (Wildman–Crippen LogP) is 3.38. The smallest absolute Gasteiger partial charge is 0.224 e. The van der Waals surface area contributed by atoms with Gasteiger partial charge in [0.05, 0.1) is 0 Å². The minimum Gasteiger partial charge on any atom is -0.399 e. The lowest BCUT2D eigenvalue weighted by Gasteiger charge is -2.12. The fraction of sp³-hybridized carbons (Fsp3) is 0.167. The van der Waals surface area contributed by atoms with Gasteiger partial charge < -0.3 is 11.1 Å². The molecule has 2 aromatic carbocycles. The molecular formula is C18H18N2O. The molecule has 2 aromatic rings. The van der Waals surface area contributed by atoms with Crippen molar-refractivity contribution in [3.8, 4) is 12.3 Å². The molecule has 0 bridgehead atoms. The maximum Gasteiger partial charge on any atom is 0.224 e. The molecule has 0 aliphatic heterocycles. The number of anilines is 2. The summed E-state index contributed by atoms with van der Waals surface area (Å²) in [6.07, 6.45) is 5.75. The van der Waals surface area contributed by atoms with Crippen LogP contribution in [0.2, 0.25) is 0 Å². The van der Waals surface area contributed by atoms with Crippen LogP contribution in [0, 0.1) is 12.3 Å². The largest absolute Gasteiger partial charge is 0.399 e. The molecule has 0 heterocycles. The van der Waals surface area contributed by atoms with E-state index in [1.54, 1.807) is 6.07 Å². The summed E-state index contributed by atoms with van der Waals surface area (Å²) in [7, 11) is 0. The Morgan fingerprint density at radius 1 is 1.29 bits per heavy atom. The van der Waals surface area contributed by atoms with Crippen molar-refractivity contribution in [2.45, 2.75) is 19.3 Å². The first-order chi connectivity index (χ1) is 10.1. The van der Waals surface area contributed by atoms with Crippen LogP contribution in [-0.2, 0) is 4.79 Å². The van der Waals surface area contributed by atoms with E-state index in [0.717, 1.165) is 22.5 Å². The molecule has 1 unspecified atom stereocenters. The van der Waals surface area contributed by atoms with Crippen molar-refractivity contribution in [1.29, 1.82) is 0 Å². The van der Waals surface area contributed by atoms with Crippen LogP contribution in [0.1, 0.15) is 30.4 Å². The number of terminal acetylenes is 1. The molecule has 1 amide bonds. The highest BCUT2D eigenvalue weighted by Crippen LogP contribution is 2.21. The Labute approximate surface area is 125 Å². The van der Waals surface area contributed by atoms with Gasteiger partial charge in [-0.15, -0.1) is 6.42 Å². The minimum atomic E-state index is -0.0338. The number of hydrogen-bond donors (Lipinski definition) is 2. The molecule has 3 N–H and O–H groups in total. The zero-order chi connectivity index (χ0) is 15.2. The molecule has 3 nitrogen and oxygen atoms in total. The summed E-state index contributed by atoms with van der Waals surface area (Å²) in [4.78, 5) is 12.1. The van der Waals surface area contributed by atoms with Gasteiger partial charge in [-0.3, -0.25) is 4.79 Å². The van der Waals surface area contributed by atoms with Crippen LogP contribution in [-0.4, -0.2) is 5.91 Å². The van der Waals surface area contributed by atoms with Gasteiger partial charge >= 0.3 is 0 Å². The highest BCUT2D eigenvalue weighted by atomic mass is 16.1. The van der Waals surface area contributed by atoms with Crippen molar-refractivity contribution in [3.05, 3.63) is 59.7 Å². The molecule has 106 valence electrons. The Morgan fingerprint density at radius 3 is 2.67 bits per heavy atom. The molecule has 0 saturated carbocycles. The lowest BCUT2D eigenvalue weighted by Crippen LogP contribution is -2.14. The van der Waals surface area contributed by atoms with E-state index in [4.69, 9.17) is 12.2 Å². The van der Waals surface area contributed by atoms with Gasteiger partial charge in [0.1, 0.15) is 0 Å². The van der Waals surface area contributed by atoms with Gasteiger partial charge in [0, 0.05) is 23.4 Å². The number of nitrogen functional groups attached to an aromatic ring is 1. The predicted molar refractivity (Wildman–Crippen MR) is 86.9 cm³/mol. The number of rotatable bonds is 4. The first-order valence-electron chi connectivity index (χ1n) is 6.80. The zero-order valence-corrected chi connectivity index (χ0v) is 12.0. The summed E-state index contributed by atoms with van der Waals surface area (Å²) in [5.41, 5.74) is 8.95. The molecule has 0 spiro atoms. The number of amides is 1. The maximum atomic E-state index is 12.1. The first-order valence-corrected chi connectivity index (χ1v) is 6.80. The van der Waals surface area contributed by atoms with Gasteiger partial charge in [-0.1, -0.05) is 31.0 Å². The highest BCUT2D eigenvalue weighted by molar-refractivity contribution is 5.91. The third-order valence-electron chi connectivity index (χ3n) is 3.31. The SMILES string of the molecule is C#Cc1cccc(NC(=O)CC(C)c2ccc(N)cc2)c1. The van der Waals surface area contributed by atoms with E-state index in [0.29, 0.717) is 6.42 Å². The minimum absolute atomic E-state index is 0.0338. The first kappa shape index (κ1) is 14.7. The summed E-state index contributed by atoms with van der Waals surface area (Å²) in [5, 5.41) is 2.87. The molecular weight excluding hydrogens is 260 g/mol. The molecule has 2 rings (SSSR count). The average Bonchev–Trinajstić information content (AvgIpc) is 2.47. The van der Waals surface area contributed by atoms with Gasteiger partial charge in [0.2, 0.25) is 5.91 Å². The Bertz CT molecular complexity index is 668. The Kier molecular flexibility index (Phi) is 4.63. The van der Waals surface area contributed by atoms with Gasteiger partial charge in [-0.2, -0.15) is 0 Å². The molecule has 1 atom stereocenters. The lowest BCUT2D eigenvalue weighted by molar-refractivity contribution is -0.116. The van der Waals surface area contributed by atoms with Crippen molar-refractivity contribution >= 4 is 17.3 Å². The van der Waals surface area contributed by atoms with Crippen LogP contribution in [0.5, 0.6) is 0 Å². The standard InChI is InChI=1S/C18H18N2O/c1-3-14-5-4-6-17(12-14)20-18(21)11-13(2)15-7-9-16(19)10-8-15/h1,4-10,12-13H,11,19H2,2H3,(H,20,21). The van der Waals surface area contributed by atoms with Gasteiger partial charge in [0.25, 0.3) is 0 Å². The second-order valence-electron chi connectivity index (χ2n) is 5.05. The maximum absolute atomic E-state index is 12.1. The number of carbonyl (C=O) groups excluding carboxylic acids is 1. The van der Waals surface area contributed by atoms with Crippen molar-refractivity contribution in [2.75, 3.05) is 11.1 Å². The van der Waals surface area contributed by atoms with Crippen molar-refractivity contribution < 1.29 is 4.79 Å². The topological polar surface area (TPSA) is 55.1 Å². The van der Waals surface area contributed by atoms with E-state index in [2.05, 4.69) is 11.2 Å². The molecule has 0 fully saturated rings. The summed E-state index contributed by atoms with van der Waals surface area (Å²) in [5.74, 6) is 2.64. The van der Waals surface area contributed by atoms with Crippen LogP contribution in [0.3, 0.4) is 0 Å². The molecule has 3 heteroatoms. The van der Waals surface area contributed by atoms with Gasteiger partial charge in [0.15, 0.2) is 0 Å². The number of carbonyl (C=O) groups is 1. The van der Waals surface area contributed by atoms with Crippen LogP contribution in [0.15, 0.2) is 48.5 Å². The molecule has 0 aromatic heterocycles. The summed E-state index contributed by atoms with van der Waals surface area (Å²) in [6.45, 7) is 2.02. The van der Waals surface area contributed by atoms with Crippen molar-refractivity contribution in [1.82, 2.24) is 0 Å². The zero-order valence-electron chi connectivity index (χ0n) is 12.0. The highest BCUT2D eigenvalue weighted by Gasteiger charge is 2.11. The van der Waals surface area contributed by atoms with E-state index >= 15 is 0 Å². The second kappa shape index (κ2) is 6.62. The third kappa shape index (κ3) is 4.12. The fourth-order valence-corrected chi connectivity index (χ4v) is 2.12. The third-order valence-corrected chi connectivity index (χ3v) is 3.31. The van der Waals surface area contributed by atoms with E-state index < -0.39 is 0 Å². The van der Waals surface area contributed by atoms with Crippen LogP contribution in [0.4, 0.5) is 11.4 Å². The Balaban J connectivity index is 1.98. The van der Waals surface area contributed by atoms with E-state index in [9.17, 15) is 4.79 Å². The van der Waals surface area contributed by atoms with E-state index in [1.807, 2.05) is 49.4 Å². The van der Waals surface area contributed by atoms with Gasteiger partial charge in [-0.25, -0.2) is 0 Å². The Morgan fingerprint density at radius 2 is 2.00 bits per heavy atom. The number of nitrogens with one attached hydrogen (secondary N) is 1. The number of nitrogens with two attached hydrogens (primary N) is 1. The fourth-order valence-electron chi connectivity index (χ4n) is 2.12. The molecule has 21 heavy (non-hydrogen) atoms. The molecule has 0 aliphatic carbocycles. The summed E-state index contributed by atoms with van der Waals surface area (Å²) < 4.78 is 0. The Hall–Kier alpha value is -2.73. The van der Waals surface area contributed by atoms with Crippen LogP contribution in [0.25, 0.3) is 0 Å². The monoisotopic (exact) mass is 278 g/mol. The summed E-state index contributed by atoms with van der Waals surface area (Å²) >= 11 is 0. The van der Waals surface area contributed by atoms with Crippen LogP contribution < -0.4 is 11.1 Å². The van der Waals surface area contributed by atoms with Crippen molar-refractivity contribution in [2.24, 2.45) is 0 Å². The average molecular weight is 278 g/mol. The molecule has 0 radical (unpaired) electrons. The number of benzene rings is 2. The summed E-state index contributed by atoms with van der Waals surface area (Å²) in [6, 6.07) is 14.9. The van der Waals surface area contributed by atoms with E-state index in [-0.39, 0.29) is 11.8 Å². The quantitative estimate of drug-likeness (QED) is 0.665. The van der Waals surface area contributed by atoms with E-state index in [1.165, 1.54) is 0 Å². The number of hydrogen-bond acceptors (Lipinski definition) is 2. The van der Waals surface area contributed by atoms with Crippen LogP contribution >= 0.6 is 0 Å². The van der Waals surface area contributed by atoms with Crippen molar-refractivity contribution in [3.63, 3.8) is 0 Å². The molecule has 0 saturated heterocycles. The van der Waals surface area contributed by atoms with Gasteiger partial charge in [-0.05, 0) is 41.8 Å². The second-order valence-corrected chi connectivity index (χ2v) is 5.05. The normalized spacial score (nSPS) is 11.4.